The smallest absolute Gasteiger partial charge is 0.237 e. The first kappa shape index (κ1) is 8.39. The SMILES string of the molecule is CNC(C(N)=O)C(C)O. The lowest BCUT2D eigenvalue weighted by atomic mass is 10.2. The van der Waals surface area contributed by atoms with Crippen molar-refractivity contribution in [2.45, 2.75) is 19.1 Å². The number of amides is 1. The molecular weight excluding hydrogens is 120 g/mol. The highest BCUT2D eigenvalue weighted by Crippen LogP contribution is 1.88. The number of aliphatic hydroxyl groups is 1. The number of rotatable bonds is 3. The van der Waals surface area contributed by atoms with Crippen LogP contribution < -0.4 is 11.1 Å². The highest BCUT2D eigenvalue weighted by molar-refractivity contribution is 5.80. The Kier molecular flexibility index (Phi) is 3.19. The van der Waals surface area contributed by atoms with E-state index in [4.69, 9.17) is 10.8 Å². The summed E-state index contributed by atoms with van der Waals surface area (Å²) in [6.07, 6.45) is -0.729. The van der Waals surface area contributed by atoms with Gasteiger partial charge in [0.05, 0.1) is 6.10 Å². The molecule has 4 N–H and O–H groups in total. The standard InChI is InChI=1S/C5H12N2O2/c1-3(8)4(7-2)5(6)9/h3-4,7-8H,1-2H3,(H2,6,9). The maximum atomic E-state index is 10.4. The van der Waals surface area contributed by atoms with E-state index in [1.165, 1.54) is 6.92 Å². The molecule has 0 rings (SSSR count). The molecule has 0 radical (unpaired) electrons. The molecule has 0 aliphatic carbocycles. The molecule has 0 aromatic heterocycles. The van der Waals surface area contributed by atoms with Gasteiger partial charge in [-0.15, -0.1) is 0 Å². The van der Waals surface area contributed by atoms with Crippen LogP contribution in [-0.4, -0.2) is 30.2 Å². The van der Waals surface area contributed by atoms with Crippen LogP contribution >= 0.6 is 0 Å². The first-order valence-electron chi connectivity index (χ1n) is 2.74. The van der Waals surface area contributed by atoms with Crippen LogP contribution in [0.2, 0.25) is 0 Å². The van der Waals surface area contributed by atoms with Crippen LogP contribution in [0.15, 0.2) is 0 Å². The molecule has 2 atom stereocenters. The van der Waals surface area contributed by atoms with E-state index in [1.54, 1.807) is 7.05 Å². The third kappa shape index (κ3) is 2.43. The molecule has 9 heavy (non-hydrogen) atoms. The minimum atomic E-state index is -0.729. The highest BCUT2D eigenvalue weighted by atomic mass is 16.3. The molecule has 0 bridgehead atoms. The molecule has 54 valence electrons. The zero-order valence-electron chi connectivity index (χ0n) is 5.59. The zero-order chi connectivity index (χ0) is 7.44. The number of carbonyl (C=O) groups excluding carboxylic acids is 1. The molecule has 0 aromatic rings. The average molecular weight is 132 g/mol. The van der Waals surface area contributed by atoms with Gasteiger partial charge in [-0.25, -0.2) is 0 Å². The number of primary amides is 1. The second-order valence-corrected chi connectivity index (χ2v) is 1.91. The maximum Gasteiger partial charge on any atom is 0.237 e. The summed E-state index contributed by atoms with van der Waals surface area (Å²) in [6, 6.07) is -0.634. The number of aliphatic hydroxyl groups excluding tert-OH is 1. The molecule has 1 amide bonds. The van der Waals surface area contributed by atoms with Crippen molar-refractivity contribution in [3.8, 4) is 0 Å². The molecular formula is C5H12N2O2. The van der Waals surface area contributed by atoms with Crippen molar-refractivity contribution in [3.63, 3.8) is 0 Å². The van der Waals surface area contributed by atoms with Gasteiger partial charge in [-0.05, 0) is 14.0 Å². The highest BCUT2D eigenvalue weighted by Gasteiger charge is 2.17. The minimum absolute atomic E-state index is 0.535. The summed E-state index contributed by atoms with van der Waals surface area (Å²) in [5, 5.41) is 11.4. The minimum Gasteiger partial charge on any atom is -0.391 e. The monoisotopic (exact) mass is 132 g/mol. The van der Waals surface area contributed by atoms with Crippen molar-refractivity contribution < 1.29 is 9.90 Å². The van der Waals surface area contributed by atoms with Crippen molar-refractivity contribution in [1.82, 2.24) is 5.32 Å². The Balaban J connectivity index is 3.83. The van der Waals surface area contributed by atoms with Gasteiger partial charge in [-0.3, -0.25) is 4.79 Å². The lowest BCUT2D eigenvalue weighted by Gasteiger charge is -2.13. The van der Waals surface area contributed by atoms with Gasteiger partial charge in [-0.1, -0.05) is 0 Å². The first-order chi connectivity index (χ1) is 4.09. The molecule has 0 spiro atoms. The number of likely N-dealkylation sites (N-methyl/N-ethyl adjacent to an activating group) is 1. The Morgan fingerprint density at radius 1 is 1.78 bits per heavy atom. The first-order valence-corrected chi connectivity index (χ1v) is 2.74. The lowest BCUT2D eigenvalue weighted by molar-refractivity contribution is -0.122. The van der Waals surface area contributed by atoms with E-state index >= 15 is 0 Å². The number of carbonyl (C=O) groups is 1. The van der Waals surface area contributed by atoms with Gasteiger partial charge in [0.1, 0.15) is 6.04 Å². The second kappa shape index (κ2) is 3.42. The summed E-state index contributed by atoms with van der Waals surface area (Å²) >= 11 is 0. The van der Waals surface area contributed by atoms with Gasteiger partial charge in [0, 0.05) is 0 Å². The topological polar surface area (TPSA) is 75.3 Å². The van der Waals surface area contributed by atoms with Gasteiger partial charge in [-0.2, -0.15) is 0 Å². The van der Waals surface area contributed by atoms with Crippen molar-refractivity contribution in [2.75, 3.05) is 7.05 Å². The Morgan fingerprint density at radius 3 is 2.22 bits per heavy atom. The fourth-order valence-electron chi connectivity index (χ4n) is 0.621. The van der Waals surface area contributed by atoms with E-state index in [-0.39, 0.29) is 0 Å². The fraction of sp³-hybridized carbons (Fsp3) is 0.800. The quantitative estimate of drug-likeness (QED) is 0.434. The number of nitrogens with one attached hydrogen (secondary N) is 1. The Hall–Kier alpha value is -0.610. The van der Waals surface area contributed by atoms with Crippen molar-refractivity contribution in [3.05, 3.63) is 0 Å². The summed E-state index contributed by atoms with van der Waals surface area (Å²) in [7, 11) is 1.57. The largest absolute Gasteiger partial charge is 0.391 e. The summed E-state index contributed by atoms with van der Waals surface area (Å²) in [5.74, 6) is -0.535. The zero-order valence-corrected chi connectivity index (χ0v) is 5.59. The molecule has 0 fully saturated rings. The Morgan fingerprint density at radius 2 is 2.22 bits per heavy atom. The van der Waals surface area contributed by atoms with Gasteiger partial charge in [0.25, 0.3) is 0 Å². The van der Waals surface area contributed by atoms with Crippen LogP contribution in [0.3, 0.4) is 0 Å². The predicted octanol–water partition coefficient (Wildman–Crippen LogP) is -1.56. The van der Waals surface area contributed by atoms with E-state index < -0.39 is 18.1 Å². The maximum absolute atomic E-state index is 10.4. The van der Waals surface area contributed by atoms with Gasteiger partial charge in [0.2, 0.25) is 5.91 Å². The summed E-state index contributed by atoms with van der Waals surface area (Å²) in [6.45, 7) is 1.51. The Bertz CT molecular complexity index is 103. The van der Waals surface area contributed by atoms with Crippen molar-refractivity contribution >= 4 is 5.91 Å². The molecule has 0 aromatic carbocycles. The van der Waals surface area contributed by atoms with Crippen molar-refractivity contribution in [1.29, 1.82) is 0 Å². The summed E-state index contributed by atoms with van der Waals surface area (Å²) < 4.78 is 0. The summed E-state index contributed by atoms with van der Waals surface area (Å²) in [4.78, 5) is 10.4. The molecule has 0 aliphatic heterocycles. The molecule has 0 saturated carbocycles. The molecule has 0 aliphatic rings. The predicted molar refractivity (Wildman–Crippen MR) is 33.7 cm³/mol. The van der Waals surface area contributed by atoms with E-state index in [1.807, 2.05) is 0 Å². The van der Waals surface area contributed by atoms with E-state index in [2.05, 4.69) is 5.32 Å². The van der Waals surface area contributed by atoms with Gasteiger partial charge >= 0.3 is 0 Å². The number of hydrogen-bond acceptors (Lipinski definition) is 3. The lowest BCUT2D eigenvalue weighted by Crippen LogP contribution is -2.46. The normalized spacial score (nSPS) is 16.8. The van der Waals surface area contributed by atoms with Crippen LogP contribution in [0, 0.1) is 0 Å². The average Bonchev–Trinajstić information content (AvgIpc) is 1.64. The number of hydrogen-bond donors (Lipinski definition) is 3. The van der Waals surface area contributed by atoms with E-state index in [0.29, 0.717) is 0 Å². The van der Waals surface area contributed by atoms with Crippen LogP contribution in [-0.2, 0) is 4.79 Å². The van der Waals surface area contributed by atoms with Gasteiger partial charge < -0.3 is 16.2 Å². The molecule has 0 saturated heterocycles. The molecule has 0 heterocycles. The third-order valence-corrected chi connectivity index (χ3v) is 1.10. The second-order valence-electron chi connectivity index (χ2n) is 1.91. The van der Waals surface area contributed by atoms with Gasteiger partial charge in [0.15, 0.2) is 0 Å². The Labute approximate surface area is 54.0 Å². The molecule has 4 nitrogen and oxygen atoms in total. The number of nitrogens with two attached hydrogens (primary N) is 1. The third-order valence-electron chi connectivity index (χ3n) is 1.10. The van der Waals surface area contributed by atoms with Crippen LogP contribution in [0.1, 0.15) is 6.92 Å². The summed E-state index contributed by atoms with van der Waals surface area (Å²) in [5.41, 5.74) is 4.89. The van der Waals surface area contributed by atoms with E-state index in [0.717, 1.165) is 0 Å². The molecule has 2 unspecified atom stereocenters. The van der Waals surface area contributed by atoms with E-state index in [9.17, 15) is 4.79 Å². The van der Waals surface area contributed by atoms with Crippen molar-refractivity contribution in [2.24, 2.45) is 5.73 Å². The fourth-order valence-corrected chi connectivity index (χ4v) is 0.621. The van der Waals surface area contributed by atoms with Crippen LogP contribution in [0.5, 0.6) is 0 Å². The molecule has 4 heteroatoms. The van der Waals surface area contributed by atoms with Crippen LogP contribution in [0.25, 0.3) is 0 Å². The van der Waals surface area contributed by atoms with Crippen LogP contribution in [0.4, 0.5) is 0 Å².